The molecule has 57 valence electrons. The van der Waals surface area contributed by atoms with E-state index in [4.69, 9.17) is 0 Å². The van der Waals surface area contributed by atoms with Crippen LogP contribution < -0.4 is 0 Å². The molecule has 0 aliphatic carbocycles. The Morgan fingerprint density at radius 3 is 2.36 bits per heavy atom. The summed E-state index contributed by atoms with van der Waals surface area (Å²) in [6, 6.07) is 5.51. The highest BCUT2D eigenvalue weighted by molar-refractivity contribution is 5.77. The van der Waals surface area contributed by atoms with E-state index in [0.29, 0.717) is 0 Å². The van der Waals surface area contributed by atoms with Crippen molar-refractivity contribution >= 4 is 6.29 Å². The zero-order valence-electron chi connectivity index (χ0n) is 5.55. The van der Waals surface area contributed by atoms with Gasteiger partial charge in [0.2, 0.25) is 6.29 Å². The molecule has 0 aliphatic heterocycles. The summed E-state index contributed by atoms with van der Waals surface area (Å²) in [6.07, 6.45) is -1.16. The van der Waals surface area contributed by atoms with E-state index in [-0.39, 0.29) is 11.1 Å². The SMILES string of the molecule is O=[C]c1ccccc1C(F)F. The first kappa shape index (κ1) is 7.85. The van der Waals surface area contributed by atoms with Crippen molar-refractivity contribution in [3.05, 3.63) is 35.4 Å². The van der Waals surface area contributed by atoms with Gasteiger partial charge in [0.05, 0.1) is 0 Å². The van der Waals surface area contributed by atoms with Crippen LogP contribution in [0.1, 0.15) is 17.6 Å². The van der Waals surface area contributed by atoms with E-state index in [0.717, 1.165) is 0 Å². The molecule has 0 bridgehead atoms. The maximum absolute atomic E-state index is 12.0. The van der Waals surface area contributed by atoms with Crippen LogP contribution in [0.15, 0.2) is 24.3 Å². The molecule has 0 saturated carbocycles. The monoisotopic (exact) mass is 155 g/mol. The summed E-state index contributed by atoms with van der Waals surface area (Å²) in [5, 5.41) is 0. The summed E-state index contributed by atoms with van der Waals surface area (Å²) < 4.78 is 24.1. The van der Waals surface area contributed by atoms with Crippen molar-refractivity contribution < 1.29 is 13.6 Å². The normalized spacial score (nSPS) is 10.1. The van der Waals surface area contributed by atoms with E-state index in [1.54, 1.807) is 0 Å². The van der Waals surface area contributed by atoms with Crippen LogP contribution in [0, 0.1) is 0 Å². The van der Waals surface area contributed by atoms with Gasteiger partial charge in [0.25, 0.3) is 6.43 Å². The maximum atomic E-state index is 12.0. The number of carbonyl (C=O) groups excluding carboxylic acids is 1. The fraction of sp³-hybridized carbons (Fsp3) is 0.125. The van der Waals surface area contributed by atoms with Crippen molar-refractivity contribution in [3.63, 3.8) is 0 Å². The smallest absolute Gasteiger partial charge is 0.264 e. The van der Waals surface area contributed by atoms with Gasteiger partial charge in [0.15, 0.2) is 0 Å². The number of hydrogen-bond acceptors (Lipinski definition) is 1. The molecule has 1 aromatic rings. The van der Waals surface area contributed by atoms with Gasteiger partial charge in [-0.25, -0.2) is 8.78 Å². The quantitative estimate of drug-likeness (QED) is 0.639. The van der Waals surface area contributed by atoms with E-state index in [1.165, 1.54) is 30.6 Å². The number of hydrogen-bond donors (Lipinski definition) is 0. The fourth-order valence-electron chi connectivity index (χ4n) is 0.780. The van der Waals surface area contributed by atoms with E-state index >= 15 is 0 Å². The Morgan fingerprint density at radius 2 is 1.91 bits per heavy atom. The molecule has 0 heterocycles. The van der Waals surface area contributed by atoms with Crippen molar-refractivity contribution in [3.8, 4) is 0 Å². The second-order valence-corrected chi connectivity index (χ2v) is 1.99. The van der Waals surface area contributed by atoms with Gasteiger partial charge in [-0.15, -0.1) is 0 Å². The lowest BCUT2D eigenvalue weighted by atomic mass is 10.1. The minimum atomic E-state index is -2.60. The highest BCUT2D eigenvalue weighted by Crippen LogP contribution is 2.20. The Labute approximate surface area is 62.7 Å². The Balaban J connectivity index is 3.12. The van der Waals surface area contributed by atoms with E-state index in [9.17, 15) is 13.6 Å². The first-order valence-corrected chi connectivity index (χ1v) is 3.01. The van der Waals surface area contributed by atoms with Gasteiger partial charge in [0, 0.05) is 11.1 Å². The largest absolute Gasteiger partial charge is 0.285 e. The molecule has 1 nitrogen and oxygen atoms in total. The Morgan fingerprint density at radius 1 is 1.27 bits per heavy atom. The predicted octanol–water partition coefficient (Wildman–Crippen LogP) is 2.08. The van der Waals surface area contributed by atoms with Crippen LogP contribution >= 0.6 is 0 Å². The summed E-state index contributed by atoms with van der Waals surface area (Å²) in [5.74, 6) is 0. The molecule has 3 heteroatoms. The lowest BCUT2D eigenvalue weighted by molar-refractivity contribution is 0.151. The molecular weight excluding hydrogens is 150 g/mol. The molecule has 0 aliphatic rings. The number of alkyl halides is 2. The van der Waals surface area contributed by atoms with Crippen molar-refractivity contribution in [1.29, 1.82) is 0 Å². The minimum absolute atomic E-state index is 0.0671. The van der Waals surface area contributed by atoms with Gasteiger partial charge in [0.1, 0.15) is 0 Å². The Hall–Kier alpha value is -1.25. The molecule has 0 atom stereocenters. The van der Waals surface area contributed by atoms with Crippen LogP contribution in [0.3, 0.4) is 0 Å². The predicted molar refractivity (Wildman–Crippen MR) is 36.2 cm³/mol. The molecule has 1 rings (SSSR count). The van der Waals surface area contributed by atoms with Gasteiger partial charge in [-0.1, -0.05) is 24.3 Å². The summed E-state index contributed by atoms with van der Waals surface area (Å²) in [4.78, 5) is 10.1. The molecule has 11 heavy (non-hydrogen) atoms. The van der Waals surface area contributed by atoms with E-state index in [2.05, 4.69) is 0 Å². The van der Waals surface area contributed by atoms with Crippen LogP contribution in [0.2, 0.25) is 0 Å². The second kappa shape index (κ2) is 3.23. The second-order valence-electron chi connectivity index (χ2n) is 1.99. The first-order valence-electron chi connectivity index (χ1n) is 3.01. The average molecular weight is 155 g/mol. The topological polar surface area (TPSA) is 17.1 Å². The maximum Gasteiger partial charge on any atom is 0.264 e. The van der Waals surface area contributed by atoms with Crippen molar-refractivity contribution in [1.82, 2.24) is 0 Å². The zero-order chi connectivity index (χ0) is 8.27. The number of halogens is 2. The van der Waals surface area contributed by atoms with E-state index in [1.807, 2.05) is 0 Å². The summed E-state index contributed by atoms with van der Waals surface area (Å²) in [5.41, 5.74) is -0.329. The fourth-order valence-corrected chi connectivity index (χ4v) is 0.780. The molecule has 0 saturated heterocycles. The van der Waals surface area contributed by atoms with Gasteiger partial charge in [-0.05, 0) is 0 Å². The third-order valence-electron chi connectivity index (χ3n) is 1.31. The third-order valence-corrected chi connectivity index (χ3v) is 1.31. The van der Waals surface area contributed by atoms with Gasteiger partial charge in [-0.2, -0.15) is 0 Å². The molecule has 0 aromatic heterocycles. The highest BCUT2D eigenvalue weighted by atomic mass is 19.3. The van der Waals surface area contributed by atoms with Crippen molar-refractivity contribution in [2.24, 2.45) is 0 Å². The standard InChI is InChI=1S/C8H5F2O/c9-8(10)7-4-2-1-3-6(7)5-11/h1-4,8H. The molecule has 1 radical (unpaired) electrons. The lowest BCUT2D eigenvalue weighted by Gasteiger charge is -1.99. The molecule has 0 unspecified atom stereocenters. The van der Waals surface area contributed by atoms with Crippen molar-refractivity contribution in [2.75, 3.05) is 0 Å². The molecule has 0 fully saturated rings. The van der Waals surface area contributed by atoms with Crippen LogP contribution in [-0.2, 0) is 4.79 Å². The molecule has 0 N–H and O–H groups in total. The van der Waals surface area contributed by atoms with E-state index < -0.39 is 6.43 Å². The summed E-state index contributed by atoms with van der Waals surface area (Å²) in [6.45, 7) is 0. The van der Waals surface area contributed by atoms with Gasteiger partial charge in [-0.3, -0.25) is 4.79 Å². The van der Waals surface area contributed by atoms with Crippen molar-refractivity contribution in [2.45, 2.75) is 6.43 Å². The zero-order valence-corrected chi connectivity index (χ0v) is 5.55. The van der Waals surface area contributed by atoms with Gasteiger partial charge >= 0.3 is 0 Å². The lowest BCUT2D eigenvalue weighted by Crippen LogP contribution is -1.91. The molecule has 0 amide bonds. The number of rotatable bonds is 2. The highest BCUT2D eigenvalue weighted by Gasteiger charge is 2.10. The Bertz CT molecular complexity index is 258. The number of benzene rings is 1. The molecule has 0 spiro atoms. The minimum Gasteiger partial charge on any atom is -0.285 e. The third kappa shape index (κ3) is 1.61. The van der Waals surface area contributed by atoms with Crippen LogP contribution in [-0.4, -0.2) is 6.29 Å². The van der Waals surface area contributed by atoms with Gasteiger partial charge < -0.3 is 0 Å². The summed E-state index contributed by atoms with van der Waals surface area (Å²) in [7, 11) is 0. The average Bonchev–Trinajstić information content (AvgIpc) is 2.04. The first-order chi connectivity index (χ1) is 5.25. The summed E-state index contributed by atoms with van der Waals surface area (Å²) >= 11 is 0. The van der Waals surface area contributed by atoms with Crippen LogP contribution in [0.4, 0.5) is 8.78 Å². The Kier molecular flexibility index (Phi) is 2.31. The van der Waals surface area contributed by atoms with Crippen LogP contribution in [0.5, 0.6) is 0 Å². The molecular formula is C8H5F2O. The molecule has 1 aromatic carbocycles. The van der Waals surface area contributed by atoms with Crippen LogP contribution in [0.25, 0.3) is 0 Å².